The van der Waals surface area contributed by atoms with E-state index in [4.69, 9.17) is 0 Å². The second kappa shape index (κ2) is 9.43. The molecule has 0 radical (unpaired) electrons. The molecule has 0 spiro atoms. The number of pyridine rings is 3. The summed E-state index contributed by atoms with van der Waals surface area (Å²) in [5, 5.41) is 6.22. The lowest BCUT2D eigenvalue weighted by Gasteiger charge is -2.14. The summed E-state index contributed by atoms with van der Waals surface area (Å²) in [5.41, 5.74) is 2.66. The van der Waals surface area contributed by atoms with Crippen LogP contribution in [0.1, 0.15) is 41.0 Å². The van der Waals surface area contributed by atoms with Gasteiger partial charge in [-0.1, -0.05) is 12.1 Å². The van der Waals surface area contributed by atoms with Crippen molar-refractivity contribution in [3.05, 3.63) is 84.1 Å². The molecular weight excluding hydrogens is 338 g/mol. The highest BCUT2D eigenvalue weighted by atomic mass is 16.1. The van der Waals surface area contributed by atoms with E-state index in [0.29, 0.717) is 12.1 Å². The fraction of sp³-hybridized carbons (Fsp3) is 0.238. The van der Waals surface area contributed by atoms with Crippen molar-refractivity contribution >= 4 is 11.7 Å². The second-order valence-electron chi connectivity index (χ2n) is 6.27. The maximum atomic E-state index is 12.2. The van der Waals surface area contributed by atoms with Gasteiger partial charge in [0.2, 0.25) is 0 Å². The number of carbonyl (C=O) groups is 1. The topological polar surface area (TPSA) is 79.8 Å². The molecule has 0 fully saturated rings. The smallest absolute Gasteiger partial charge is 0.252 e. The molecule has 0 bridgehead atoms. The molecule has 1 atom stereocenters. The molecule has 6 heteroatoms. The van der Waals surface area contributed by atoms with Crippen molar-refractivity contribution in [3.8, 4) is 0 Å². The van der Waals surface area contributed by atoms with Crippen LogP contribution in [-0.2, 0) is 6.42 Å². The molecule has 138 valence electrons. The van der Waals surface area contributed by atoms with Crippen LogP contribution in [0.5, 0.6) is 0 Å². The lowest BCUT2D eigenvalue weighted by molar-refractivity contribution is 0.0953. The number of hydrogen-bond acceptors (Lipinski definition) is 5. The van der Waals surface area contributed by atoms with Crippen LogP contribution in [0.4, 0.5) is 5.82 Å². The highest BCUT2D eigenvalue weighted by molar-refractivity contribution is 5.94. The Labute approximate surface area is 159 Å². The number of aromatic nitrogens is 3. The molecule has 3 aromatic rings. The summed E-state index contributed by atoms with van der Waals surface area (Å²) < 4.78 is 0. The summed E-state index contributed by atoms with van der Waals surface area (Å²) in [7, 11) is 0. The van der Waals surface area contributed by atoms with Gasteiger partial charge in [-0.3, -0.25) is 14.8 Å². The molecule has 27 heavy (non-hydrogen) atoms. The Morgan fingerprint density at radius 3 is 2.67 bits per heavy atom. The van der Waals surface area contributed by atoms with Crippen LogP contribution < -0.4 is 10.6 Å². The SMILES string of the molecule is C[C@@H](Nc1ccc(C(=O)NCCCc2ccccn2)cn1)c1cccnc1. The van der Waals surface area contributed by atoms with E-state index in [9.17, 15) is 4.79 Å². The van der Waals surface area contributed by atoms with Gasteiger partial charge in [0.15, 0.2) is 0 Å². The number of nitrogens with one attached hydrogen (secondary N) is 2. The molecular formula is C21H23N5O. The third-order valence-electron chi connectivity index (χ3n) is 4.20. The minimum Gasteiger partial charge on any atom is -0.363 e. The van der Waals surface area contributed by atoms with Gasteiger partial charge >= 0.3 is 0 Å². The van der Waals surface area contributed by atoms with Gasteiger partial charge in [-0.2, -0.15) is 0 Å². The molecule has 0 saturated heterocycles. The zero-order valence-electron chi connectivity index (χ0n) is 15.3. The maximum absolute atomic E-state index is 12.2. The van der Waals surface area contributed by atoms with Gasteiger partial charge in [0.25, 0.3) is 5.91 Å². The Hall–Kier alpha value is -3.28. The monoisotopic (exact) mass is 361 g/mol. The number of amides is 1. The van der Waals surface area contributed by atoms with Crippen molar-refractivity contribution in [2.75, 3.05) is 11.9 Å². The van der Waals surface area contributed by atoms with Crippen LogP contribution in [0.2, 0.25) is 0 Å². The van der Waals surface area contributed by atoms with E-state index in [0.717, 1.165) is 29.9 Å². The van der Waals surface area contributed by atoms with Crippen LogP contribution in [0.15, 0.2) is 67.3 Å². The summed E-state index contributed by atoms with van der Waals surface area (Å²) >= 11 is 0. The minimum atomic E-state index is -0.115. The van der Waals surface area contributed by atoms with Crippen LogP contribution in [0.3, 0.4) is 0 Å². The lowest BCUT2D eigenvalue weighted by Crippen LogP contribution is -2.25. The lowest BCUT2D eigenvalue weighted by atomic mass is 10.1. The summed E-state index contributed by atoms with van der Waals surface area (Å²) in [5.74, 6) is 0.605. The molecule has 1 amide bonds. The Balaban J connectivity index is 1.45. The predicted octanol–water partition coefficient (Wildman–Crippen LogP) is 3.41. The van der Waals surface area contributed by atoms with Crippen LogP contribution >= 0.6 is 0 Å². The van der Waals surface area contributed by atoms with Gasteiger partial charge in [0.05, 0.1) is 11.6 Å². The number of hydrogen-bond donors (Lipinski definition) is 2. The van der Waals surface area contributed by atoms with Gasteiger partial charge < -0.3 is 10.6 Å². The zero-order chi connectivity index (χ0) is 18.9. The van der Waals surface area contributed by atoms with Gasteiger partial charge in [-0.05, 0) is 55.7 Å². The van der Waals surface area contributed by atoms with Crippen LogP contribution in [0.25, 0.3) is 0 Å². The Morgan fingerprint density at radius 2 is 1.96 bits per heavy atom. The molecule has 0 aliphatic rings. The van der Waals surface area contributed by atoms with Crippen LogP contribution in [0, 0.1) is 0 Å². The summed E-state index contributed by atoms with van der Waals surface area (Å²) in [6.45, 7) is 2.65. The number of carbonyl (C=O) groups excluding carboxylic acids is 1. The van der Waals surface area contributed by atoms with Crippen molar-refractivity contribution in [2.45, 2.75) is 25.8 Å². The predicted molar refractivity (Wildman–Crippen MR) is 105 cm³/mol. The number of anilines is 1. The molecule has 3 aromatic heterocycles. The number of aryl methyl sites for hydroxylation is 1. The zero-order valence-corrected chi connectivity index (χ0v) is 15.3. The summed E-state index contributed by atoms with van der Waals surface area (Å²) in [4.78, 5) is 25.0. The van der Waals surface area contributed by atoms with E-state index in [2.05, 4.69) is 25.6 Å². The van der Waals surface area contributed by atoms with E-state index < -0.39 is 0 Å². The molecule has 0 aromatic carbocycles. The fourth-order valence-electron chi connectivity index (χ4n) is 2.67. The first-order chi connectivity index (χ1) is 13.2. The highest BCUT2D eigenvalue weighted by Gasteiger charge is 2.08. The second-order valence-corrected chi connectivity index (χ2v) is 6.27. The first kappa shape index (κ1) is 18.5. The largest absolute Gasteiger partial charge is 0.363 e. The Morgan fingerprint density at radius 1 is 1.04 bits per heavy atom. The molecule has 3 heterocycles. The molecule has 0 aliphatic heterocycles. The molecule has 6 nitrogen and oxygen atoms in total. The number of rotatable bonds is 8. The third kappa shape index (κ3) is 5.60. The molecule has 0 unspecified atom stereocenters. The Kier molecular flexibility index (Phi) is 6.46. The molecule has 0 saturated carbocycles. The minimum absolute atomic E-state index is 0.0810. The summed E-state index contributed by atoms with van der Waals surface area (Å²) in [6, 6.07) is 13.4. The van der Waals surface area contributed by atoms with Gasteiger partial charge in [0.1, 0.15) is 5.82 Å². The fourth-order valence-corrected chi connectivity index (χ4v) is 2.67. The van der Waals surface area contributed by atoms with E-state index in [1.54, 1.807) is 24.7 Å². The van der Waals surface area contributed by atoms with E-state index >= 15 is 0 Å². The highest BCUT2D eigenvalue weighted by Crippen LogP contribution is 2.16. The van der Waals surface area contributed by atoms with Gasteiger partial charge in [-0.15, -0.1) is 0 Å². The quantitative estimate of drug-likeness (QED) is 0.601. The maximum Gasteiger partial charge on any atom is 0.252 e. The molecule has 2 N–H and O–H groups in total. The first-order valence-electron chi connectivity index (χ1n) is 9.03. The van der Waals surface area contributed by atoms with E-state index in [1.807, 2.05) is 49.5 Å². The third-order valence-corrected chi connectivity index (χ3v) is 4.20. The van der Waals surface area contributed by atoms with Crippen molar-refractivity contribution in [2.24, 2.45) is 0 Å². The first-order valence-corrected chi connectivity index (χ1v) is 9.03. The van der Waals surface area contributed by atoms with E-state index in [-0.39, 0.29) is 11.9 Å². The number of nitrogens with zero attached hydrogens (tertiary/aromatic N) is 3. The average molecular weight is 361 g/mol. The summed E-state index contributed by atoms with van der Waals surface area (Å²) in [6.07, 6.45) is 8.63. The van der Waals surface area contributed by atoms with Gasteiger partial charge in [0, 0.05) is 37.0 Å². The van der Waals surface area contributed by atoms with E-state index in [1.165, 1.54) is 0 Å². The average Bonchev–Trinajstić information content (AvgIpc) is 2.73. The standard InChI is InChI=1S/C21H23N5O/c1-16(17-6-4-11-22-14-17)26-20-10-9-18(15-25-20)21(27)24-13-5-8-19-7-2-3-12-23-19/h2-4,6-7,9-12,14-16H,5,8,13H2,1H3,(H,24,27)(H,25,26)/t16-/m1/s1. The van der Waals surface area contributed by atoms with Crippen LogP contribution in [-0.4, -0.2) is 27.4 Å². The van der Waals surface area contributed by atoms with Crippen molar-refractivity contribution in [1.82, 2.24) is 20.3 Å². The molecule has 0 aliphatic carbocycles. The Bertz CT molecular complexity index is 837. The molecule has 3 rings (SSSR count). The normalized spacial score (nSPS) is 11.6. The van der Waals surface area contributed by atoms with Gasteiger partial charge in [-0.25, -0.2) is 4.98 Å². The van der Waals surface area contributed by atoms with Crippen molar-refractivity contribution < 1.29 is 4.79 Å². The van der Waals surface area contributed by atoms with Crippen molar-refractivity contribution in [1.29, 1.82) is 0 Å². The van der Waals surface area contributed by atoms with Crippen molar-refractivity contribution in [3.63, 3.8) is 0 Å².